The van der Waals surface area contributed by atoms with Crippen molar-refractivity contribution in [2.24, 2.45) is 0 Å². The van der Waals surface area contributed by atoms with Crippen LogP contribution in [0, 0.1) is 0 Å². The van der Waals surface area contributed by atoms with Gasteiger partial charge in [0.2, 0.25) is 5.67 Å². The number of rotatable bonds is 5. The van der Waals surface area contributed by atoms with Gasteiger partial charge >= 0.3 is 18.7 Å². The Bertz CT molecular complexity index is 277. The predicted molar refractivity (Wildman–Crippen MR) is 41.8 cm³/mol. The van der Waals surface area contributed by atoms with Gasteiger partial charge < -0.3 is 0 Å². The molecule has 0 aromatic carbocycles. The van der Waals surface area contributed by atoms with Crippen molar-refractivity contribution in [2.75, 3.05) is 6.61 Å². The Balaban J connectivity index is 4.55. The second-order valence-electron chi connectivity index (χ2n) is 3.65. The summed E-state index contributed by atoms with van der Waals surface area (Å²) in [7, 11) is 0. The van der Waals surface area contributed by atoms with Gasteiger partial charge in [-0.25, -0.2) is 4.39 Å². The second kappa shape index (κ2) is 5.71. The average Bonchev–Trinajstić information content (AvgIpc) is 2.06. The molecule has 19 heavy (non-hydrogen) atoms. The lowest BCUT2D eigenvalue weighted by Crippen LogP contribution is -2.44. The largest absolute Gasteiger partial charge is 0.522 e. The Morgan fingerprint density at radius 3 is 1.53 bits per heavy atom. The van der Waals surface area contributed by atoms with Crippen LogP contribution in [-0.2, 0) is 4.74 Å². The first-order valence-corrected chi connectivity index (χ1v) is 4.69. The molecule has 0 bridgehead atoms. The summed E-state index contributed by atoms with van der Waals surface area (Å²) in [5.41, 5.74) is -4.62. The van der Waals surface area contributed by atoms with Gasteiger partial charge in [-0.3, -0.25) is 4.74 Å². The molecule has 0 aromatic rings. The highest BCUT2D eigenvalue weighted by atomic mass is 19.4. The molecular weight excluding hydrogens is 302 g/mol. The van der Waals surface area contributed by atoms with Crippen molar-refractivity contribution in [2.45, 2.75) is 43.6 Å². The van der Waals surface area contributed by atoms with E-state index in [-0.39, 0.29) is 0 Å². The van der Waals surface area contributed by atoms with Crippen LogP contribution < -0.4 is 0 Å². The third kappa shape index (κ3) is 7.43. The molecule has 0 aliphatic rings. The molecule has 0 N–H and O–H groups in total. The lowest BCUT2D eigenvalue weighted by atomic mass is 9.95. The van der Waals surface area contributed by atoms with E-state index >= 15 is 0 Å². The molecular formula is C8H8F10O. The van der Waals surface area contributed by atoms with Gasteiger partial charge in [0.1, 0.15) is 0 Å². The summed E-state index contributed by atoms with van der Waals surface area (Å²) < 4.78 is 123. The first kappa shape index (κ1) is 18.3. The van der Waals surface area contributed by atoms with Gasteiger partial charge in [-0.1, -0.05) is 0 Å². The first-order valence-electron chi connectivity index (χ1n) is 4.69. The summed E-state index contributed by atoms with van der Waals surface area (Å²) in [6.45, 7) is -1.36. The van der Waals surface area contributed by atoms with Crippen LogP contribution in [0.15, 0.2) is 0 Å². The van der Waals surface area contributed by atoms with Crippen molar-refractivity contribution < 1.29 is 48.6 Å². The minimum Gasteiger partial charge on any atom is -0.292 e. The maximum Gasteiger partial charge on any atom is 0.522 e. The Morgan fingerprint density at radius 1 is 0.737 bits per heavy atom. The molecule has 0 radical (unpaired) electrons. The molecule has 0 amide bonds. The zero-order valence-corrected chi connectivity index (χ0v) is 9.02. The minimum absolute atomic E-state index is 1.16. The van der Waals surface area contributed by atoms with Gasteiger partial charge in [0.05, 0.1) is 13.0 Å². The van der Waals surface area contributed by atoms with Crippen LogP contribution in [-0.4, -0.2) is 31.0 Å². The van der Waals surface area contributed by atoms with Gasteiger partial charge in [0.15, 0.2) is 0 Å². The summed E-state index contributed by atoms with van der Waals surface area (Å²) in [5.74, 6) is 0. The molecule has 1 atom stereocenters. The molecule has 0 saturated heterocycles. The number of hydrogen-bond acceptors (Lipinski definition) is 1. The van der Waals surface area contributed by atoms with Crippen molar-refractivity contribution in [3.8, 4) is 0 Å². The lowest BCUT2D eigenvalue weighted by Gasteiger charge is -2.28. The maximum absolute atomic E-state index is 13.2. The van der Waals surface area contributed by atoms with Gasteiger partial charge in [-0.15, -0.1) is 13.2 Å². The van der Waals surface area contributed by atoms with Crippen LogP contribution in [0.1, 0.15) is 19.3 Å². The van der Waals surface area contributed by atoms with E-state index in [1.165, 1.54) is 0 Å². The van der Waals surface area contributed by atoms with Gasteiger partial charge in [0.25, 0.3) is 0 Å². The third-order valence-electron chi connectivity index (χ3n) is 1.97. The fraction of sp³-hybridized carbons (Fsp3) is 1.00. The third-order valence-corrected chi connectivity index (χ3v) is 1.97. The number of halogens is 10. The van der Waals surface area contributed by atoms with E-state index in [0.717, 1.165) is 0 Å². The molecule has 0 rings (SSSR count). The highest BCUT2D eigenvalue weighted by Crippen LogP contribution is 2.45. The van der Waals surface area contributed by atoms with E-state index in [1.807, 2.05) is 0 Å². The average molecular weight is 310 g/mol. The van der Waals surface area contributed by atoms with Gasteiger partial charge in [-0.05, 0) is 12.8 Å². The summed E-state index contributed by atoms with van der Waals surface area (Å²) in [6.07, 6.45) is -22.1. The molecule has 0 fully saturated rings. The van der Waals surface area contributed by atoms with Crippen LogP contribution in [0.3, 0.4) is 0 Å². The zero-order valence-electron chi connectivity index (χ0n) is 9.02. The molecule has 116 valence electrons. The Morgan fingerprint density at radius 2 is 1.21 bits per heavy atom. The zero-order chi connectivity index (χ0) is 15.5. The minimum atomic E-state index is -5.83. The van der Waals surface area contributed by atoms with E-state index in [1.54, 1.807) is 0 Å². The number of hydrogen-bond donors (Lipinski definition) is 0. The summed E-state index contributed by atoms with van der Waals surface area (Å²) in [5, 5.41) is 0. The SMILES string of the molecule is FC(F)(F)CC(F)(CCCOC(F)(F)F)C(F)(F)F. The van der Waals surface area contributed by atoms with E-state index in [0.29, 0.717) is 0 Å². The molecule has 0 spiro atoms. The smallest absolute Gasteiger partial charge is 0.292 e. The molecule has 11 heteroatoms. The summed E-state index contributed by atoms with van der Waals surface area (Å²) in [4.78, 5) is 0. The van der Waals surface area contributed by atoms with Crippen molar-refractivity contribution in [3.05, 3.63) is 0 Å². The quantitative estimate of drug-likeness (QED) is 0.535. The predicted octanol–water partition coefficient (Wildman–Crippen LogP) is 4.53. The van der Waals surface area contributed by atoms with E-state index in [4.69, 9.17) is 0 Å². The highest BCUT2D eigenvalue weighted by molar-refractivity contribution is 4.89. The van der Waals surface area contributed by atoms with Crippen molar-refractivity contribution >= 4 is 0 Å². The summed E-state index contributed by atoms with van der Waals surface area (Å²) >= 11 is 0. The van der Waals surface area contributed by atoms with Gasteiger partial charge in [0, 0.05) is 0 Å². The Kier molecular flexibility index (Phi) is 5.49. The monoisotopic (exact) mass is 310 g/mol. The topological polar surface area (TPSA) is 9.23 Å². The van der Waals surface area contributed by atoms with E-state index < -0.39 is 50.3 Å². The van der Waals surface area contributed by atoms with E-state index in [9.17, 15) is 43.9 Å². The highest BCUT2D eigenvalue weighted by Gasteiger charge is 2.60. The molecule has 1 unspecified atom stereocenters. The van der Waals surface area contributed by atoms with Gasteiger partial charge in [-0.2, -0.15) is 26.3 Å². The van der Waals surface area contributed by atoms with Crippen LogP contribution in [0.5, 0.6) is 0 Å². The van der Waals surface area contributed by atoms with Crippen molar-refractivity contribution in [1.82, 2.24) is 0 Å². The molecule has 0 aliphatic heterocycles. The van der Waals surface area contributed by atoms with Crippen LogP contribution in [0.25, 0.3) is 0 Å². The summed E-state index contributed by atoms with van der Waals surface area (Å²) in [6, 6.07) is 0. The molecule has 1 nitrogen and oxygen atoms in total. The Labute approximate surface area is 100 Å². The molecule has 0 aromatic heterocycles. The fourth-order valence-corrected chi connectivity index (χ4v) is 1.19. The number of alkyl halides is 10. The van der Waals surface area contributed by atoms with Crippen LogP contribution >= 0.6 is 0 Å². The van der Waals surface area contributed by atoms with Crippen LogP contribution in [0.2, 0.25) is 0 Å². The van der Waals surface area contributed by atoms with E-state index in [2.05, 4.69) is 4.74 Å². The standard InChI is InChI=1S/C8H8F10O/c9-5(7(13,14)15,4-6(10,11)12)2-1-3-19-8(16,17)18/h1-4H2. The lowest BCUT2D eigenvalue weighted by molar-refractivity contribution is -0.326. The maximum atomic E-state index is 13.2. The molecule has 0 aliphatic carbocycles. The molecule has 0 heterocycles. The second-order valence-corrected chi connectivity index (χ2v) is 3.65. The van der Waals surface area contributed by atoms with Crippen molar-refractivity contribution in [1.29, 1.82) is 0 Å². The van der Waals surface area contributed by atoms with Crippen LogP contribution in [0.4, 0.5) is 43.9 Å². The number of ether oxygens (including phenoxy) is 1. The Hall–Kier alpha value is -0.740. The molecule has 0 saturated carbocycles. The van der Waals surface area contributed by atoms with Crippen molar-refractivity contribution in [3.63, 3.8) is 0 Å². The normalized spacial score (nSPS) is 17.4. The first-order chi connectivity index (χ1) is 8.16. The fourth-order valence-electron chi connectivity index (χ4n) is 1.19.